The minimum Gasteiger partial charge on any atom is -0.508 e. The van der Waals surface area contributed by atoms with Gasteiger partial charge < -0.3 is 9.94 Å². The minimum absolute atomic E-state index is 0.300. The lowest BCUT2D eigenvalue weighted by Crippen LogP contribution is -1.95. The van der Waals surface area contributed by atoms with Gasteiger partial charge in [0.2, 0.25) is 0 Å². The summed E-state index contributed by atoms with van der Waals surface area (Å²) in [4.78, 5) is 4.65. The molecule has 0 aliphatic carbocycles. The molecule has 0 saturated heterocycles. The fraction of sp³-hybridized carbons (Fsp3) is 0.300. The number of aromatic hydroxyl groups is 1. The molecule has 0 unspecified atom stereocenters. The Balaban J connectivity index is 3.04. The molecule has 1 N–H and O–H groups in total. The third-order valence-electron chi connectivity index (χ3n) is 1.84. The first-order valence-corrected chi connectivity index (χ1v) is 4.03. The minimum atomic E-state index is 0.300. The molecule has 0 aliphatic heterocycles. The van der Waals surface area contributed by atoms with Crippen LogP contribution < -0.4 is 0 Å². The van der Waals surface area contributed by atoms with Crippen molar-refractivity contribution in [1.29, 1.82) is 0 Å². The number of phenols is 1. The van der Waals surface area contributed by atoms with Gasteiger partial charge in [-0.05, 0) is 43.2 Å². The third-order valence-corrected chi connectivity index (χ3v) is 1.84. The number of hydrogen-bond acceptors (Lipinski definition) is 3. The predicted molar refractivity (Wildman–Crippen MR) is 52.1 cm³/mol. The predicted octanol–water partition coefficient (Wildman–Crippen LogP) is 2.07. The highest BCUT2D eigenvalue weighted by Crippen LogP contribution is 2.17. The fourth-order valence-electron chi connectivity index (χ4n) is 1.07. The lowest BCUT2D eigenvalue weighted by molar-refractivity contribution is 0.213. The highest BCUT2D eigenvalue weighted by molar-refractivity contribution is 5.98. The SMILES string of the molecule is CO/N=C(\C)c1ccc(O)c(C)c1. The molecule has 0 bridgehead atoms. The molecule has 13 heavy (non-hydrogen) atoms. The molecular formula is C10H13NO2. The van der Waals surface area contributed by atoms with E-state index in [2.05, 4.69) is 9.99 Å². The molecule has 70 valence electrons. The van der Waals surface area contributed by atoms with Crippen LogP contribution in [0.1, 0.15) is 18.1 Å². The molecule has 0 saturated carbocycles. The van der Waals surface area contributed by atoms with Crippen LogP contribution in [0.25, 0.3) is 0 Å². The number of phenolic OH excluding ortho intramolecular Hbond substituents is 1. The second-order valence-electron chi connectivity index (χ2n) is 2.86. The molecule has 1 aromatic carbocycles. The second kappa shape index (κ2) is 3.94. The number of nitrogens with zero attached hydrogens (tertiary/aromatic N) is 1. The summed E-state index contributed by atoms with van der Waals surface area (Å²) >= 11 is 0. The van der Waals surface area contributed by atoms with E-state index in [0.29, 0.717) is 5.75 Å². The van der Waals surface area contributed by atoms with Gasteiger partial charge in [0.1, 0.15) is 12.9 Å². The van der Waals surface area contributed by atoms with E-state index in [1.165, 1.54) is 7.11 Å². The number of hydrogen-bond donors (Lipinski definition) is 1. The molecule has 0 spiro atoms. The van der Waals surface area contributed by atoms with E-state index in [9.17, 15) is 5.11 Å². The first-order chi connectivity index (χ1) is 6.15. The molecule has 0 amide bonds. The quantitative estimate of drug-likeness (QED) is 0.557. The topological polar surface area (TPSA) is 41.8 Å². The van der Waals surface area contributed by atoms with E-state index < -0.39 is 0 Å². The number of rotatable bonds is 2. The Morgan fingerprint density at radius 1 is 1.46 bits per heavy atom. The van der Waals surface area contributed by atoms with Crippen LogP contribution in [-0.2, 0) is 4.84 Å². The fourth-order valence-corrected chi connectivity index (χ4v) is 1.07. The van der Waals surface area contributed by atoms with Gasteiger partial charge in [0, 0.05) is 0 Å². The zero-order valence-electron chi connectivity index (χ0n) is 8.03. The third kappa shape index (κ3) is 2.21. The number of benzene rings is 1. The first kappa shape index (κ1) is 9.58. The Hall–Kier alpha value is -1.51. The lowest BCUT2D eigenvalue weighted by atomic mass is 10.1. The molecule has 0 radical (unpaired) electrons. The van der Waals surface area contributed by atoms with Crippen molar-refractivity contribution in [1.82, 2.24) is 0 Å². The van der Waals surface area contributed by atoms with E-state index >= 15 is 0 Å². The molecule has 0 fully saturated rings. The molecule has 1 rings (SSSR count). The number of aryl methyl sites for hydroxylation is 1. The molecule has 3 nitrogen and oxygen atoms in total. The van der Waals surface area contributed by atoms with Gasteiger partial charge in [-0.3, -0.25) is 0 Å². The summed E-state index contributed by atoms with van der Waals surface area (Å²) in [5, 5.41) is 13.1. The van der Waals surface area contributed by atoms with Crippen molar-refractivity contribution < 1.29 is 9.94 Å². The van der Waals surface area contributed by atoms with Gasteiger partial charge >= 0.3 is 0 Å². The van der Waals surface area contributed by atoms with Gasteiger partial charge in [0.05, 0.1) is 5.71 Å². The lowest BCUT2D eigenvalue weighted by Gasteiger charge is -2.02. The van der Waals surface area contributed by atoms with Crippen molar-refractivity contribution in [2.24, 2.45) is 5.16 Å². The summed E-state index contributed by atoms with van der Waals surface area (Å²) in [6, 6.07) is 5.33. The zero-order valence-corrected chi connectivity index (χ0v) is 8.03. The smallest absolute Gasteiger partial charge is 0.118 e. The van der Waals surface area contributed by atoms with Crippen LogP contribution in [0.5, 0.6) is 5.75 Å². The average molecular weight is 179 g/mol. The molecule has 0 atom stereocenters. The molecular weight excluding hydrogens is 166 g/mol. The van der Waals surface area contributed by atoms with Crippen LogP contribution in [-0.4, -0.2) is 17.9 Å². The summed E-state index contributed by atoms with van der Waals surface area (Å²) in [5.41, 5.74) is 2.59. The van der Waals surface area contributed by atoms with Crippen LogP contribution in [0.4, 0.5) is 0 Å². The summed E-state index contributed by atoms with van der Waals surface area (Å²) in [7, 11) is 1.51. The Morgan fingerprint density at radius 3 is 2.69 bits per heavy atom. The van der Waals surface area contributed by atoms with Crippen molar-refractivity contribution in [3.63, 3.8) is 0 Å². The van der Waals surface area contributed by atoms with E-state index in [4.69, 9.17) is 0 Å². The van der Waals surface area contributed by atoms with Gasteiger partial charge in [-0.1, -0.05) is 5.16 Å². The van der Waals surface area contributed by atoms with E-state index in [1.807, 2.05) is 19.9 Å². The van der Waals surface area contributed by atoms with E-state index in [0.717, 1.165) is 16.8 Å². The van der Waals surface area contributed by atoms with E-state index in [1.54, 1.807) is 12.1 Å². The largest absolute Gasteiger partial charge is 0.508 e. The van der Waals surface area contributed by atoms with Gasteiger partial charge in [-0.15, -0.1) is 0 Å². The number of oxime groups is 1. The maximum Gasteiger partial charge on any atom is 0.118 e. The normalized spacial score (nSPS) is 11.5. The highest BCUT2D eigenvalue weighted by atomic mass is 16.6. The van der Waals surface area contributed by atoms with Gasteiger partial charge in [0.15, 0.2) is 0 Å². The van der Waals surface area contributed by atoms with Gasteiger partial charge in [-0.25, -0.2) is 0 Å². The summed E-state index contributed by atoms with van der Waals surface area (Å²) in [6.07, 6.45) is 0. The zero-order chi connectivity index (χ0) is 9.84. The van der Waals surface area contributed by atoms with Crippen LogP contribution in [0.2, 0.25) is 0 Å². The van der Waals surface area contributed by atoms with Crippen LogP contribution >= 0.6 is 0 Å². The van der Waals surface area contributed by atoms with Gasteiger partial charge in [0.25, 0.3) is 0 Å². The van der Waals surface area contributed by atoms with Crippen molar-refractivity contribution in [2.75, 3.05) is 7.11 Å². The van der Waals surface area contributed by atoms with E-state index in [-0.39, 0.29) is 0 Å². The Kier molecular flexibility index (Phi) is 2.90. The maximum atomic E-state index is 9.28. The Morgan fingerprint density at radius 2 is 2.15 bits per heavy atom. The monoisotopic (exact) mass is 179 g/mol. The molecule has 3 heteroatoms. The van der Waals surface area contributed by atoms with Crippen LogP contribution in [0.15, 0.2) is 23.4 Å². The Bertz CT molecular complexity index is 332. The summed E-state index contributed by atoms with van der Waals surface area (Å²) < 4.78 is 0. The summed E-state index contributed by atoms with van der Waals surface area (Å²) in [6.45, 7) is 3.70. The Labute approximate surface area is 77.6 Å². The summed E-state index contributed by atoms with van der Waals surface area (Å²) in [5.74, 6) is 0.300. The molecule has 0 aromatic heterocycles. The molecule has 0 aliphatic rings. The van der Waals surface area contributed by atoms with Gasteiger partial charge in [-0.2, -0.15) is 0 Å². The van der Waals surface area contributed by atoms with Crippen LogP contribution in [0.3, 0.4) is 0 Å². The second-order valence-corrected chi connectivity index (χ2v) is 2.86. The van der Waals surface area contributed by atoms with Crippen LogP contribution in [0, 0.1) is 6.92 Å². The van der Waals surface area contributed by atoms with Crippen molar-refractivity contribution in [3.8, 4) is 5.75 Å². The van der Waals surface area contributed by atoms with Crippen molar-refractivity contribution >= 4 is 5.71 Å². The molecule has 0 heterocycles. The van der Waals surface area contributed by atoms with Crippen molar-refractivity contribution in [3.05, 3.63) is 29.3 Å². The highest BCUT2D eigenvalue weighted by Gasteiger charge is 2.00. The standard InChI is InChI=1S/C10H13NO2/c1-7-6-9(4-5-10(7)12)8(2)11-13-3/h4-6,12H,1-3H3/b11-8+. The first-order valence-electron chi connectivity index (χ1n) is 4.03. The molecule has 1 aromatic rings. The maximum absolute atomic E-state index is 9.28. The van der Waals surface area contributed by atoms with Crippen molar-refractivity contribution in [2.45, 2.75) is 13.8 Å². The average Bonchev–Trinajstić information content (AvgIpc) is 2.10.